The van der Waals surface area contributed by atoms with Gasteiger partial charge in [0.15, 0.2) is 0 Å². The van der Waals surface area contributed by atoms with Crippen molar-refractivity contribution in [1.82, 2.24) is 4.98 Å². The summed E-state index contributed by atoms with van der Waals surface area (Å²) >= 11 is 12.4. The van der Waals surface area contributed by atoms with E-state index in [0.29, 0.717) is 22.0 Å². The number of nitrogens with zero attached hydrogens (tertiary/aromatic N) is 2. The summed E-state index contributed by atoms with van der Waals surface area (Å²) in [7, 11) is 1.47. The molecule has 0 aliphatic carbocycles. The van der Waals surface area contributed by atoms with Gasteiger partial charge in [-0.25, -0.2) is 0 Å². The standard InChI is InChI=1S/C23H16Cl2N2O4/c1-31-16-7-8-18(25)17(11-16)21(28)19-20(13-4-3-9-26-12-13)27(23(30)22(19)29)15-6-2-5-14(24)10-15/h2-12,20,28H,1H3/b21-19+. The van der Waals surface area contributed by atoms with E-state index in [2.05, 4.69) is 4.98 Å². The molecule has 31 heavy (non-hydrogen) atoms. The number of carbonyl (C=O) groups is 2. The number of benzene rings is 2. The highest BCUT2D eigenvalue weighted by Gasteiger charge is 2.47. The van der Waals surface area contributed by atoms with E-state index in [-0.39, 0.29) is 16.2 Å². The lowest BCUT2D eigenvalue weighted by atomic mass is 9.96. The highest BCUT2D eigenvalue weighted by Crippen LogP contribution is 2.43. The zero-order chi connectivity index (χ0) is 22.1. The van der Waals surface area contributed by atoms with E-state index in [1.165, 1.54) is 24.3 Å². The summed E-state index contributed by atoms with van der Waals surface area (Å²) in [6.45, 7) is 0. The van der Waals surface area contributed by atoms with Gasteiger partial charge < -0.3 is 9.84 Å². The SMILES string of the molecule is COc1ccc(Cl)c(/C(O)=C2\C(=O)C(=O)N(c3cccc(Cl)c3)C2c2cccnc2)c1. The Morgan fingerprint density at radius 3 is 2.58 bits per heavy atom. The van der Waals surface area contributed by atoms with Gasteiger partial charge in [-0.3, -0.25) is 19.5 Å². The number of amides is 1. The van der Waals surface area contributed by atoms with E-state index < -0.39 is 23.5 Å². The van der Waals surface area contributed by atoms with Crippen molar-refractivity contribution < 1.29 is 19.4 Å². The van der Waals surface area contributed by atoms with Crippen LogP contribution < -0.4 is 9.64 Å². The van der Waals surface area contributed by atoms with Gasteiger partial charge in [0.05, 0.1) is 23.7 Å². The molecule has 1 amide bonds. The van der Waals surface area contributed by atoms with Crippen molar-refractivity contribution in [2.75, 3.05) is 12.0 Å². The van der Waals surface area contributed by atoms with Crippen LogP contribution in [0.2, 0.25) is 10.0 Å². The molecular weight excluding hydrogens is 439 g/mol. The second-order valence-corrected chi connectivity index (χ2v) is 7.62. The van der Waals surface area contributed by atoms with Crippen LogP contribution in [0.15, 0.2) is 72.6 Å². The van der Waals surface area contributed by atoms with Gasteiger partial charge in [0.1, 0.15) is 11.5 Å². The number of aliphatic hydroxyl groups is 1. The second-order valence-electron chi connectivity index (χ2n) is 6.78. The highest BCUT2D eigenvalue weighted by atomic mass is 35.5. The van der Waals surface area contributed by atoms with Crippen LogP contribution in [0, 0.1) is 0 Å². The number of aromatic nitrogens is 1. The molecule has 2 aromatic carbocycles. The van der Waals surface area contributed by atoms with Crippen LogP contribution in [0.5, 0.6) is 5.75 Å². The van der Waals surface area contributed by atoms with Crippen molar-refractivity contribution in [3.63, 3.8) is 0 Å². The van der Waals surface area contributed by atoms with Crippen LogP contribution in [0.3, 0.4) is 0 Å². The fourth-order valence-corrected chi connectivity index (χ4v) is 3.93. The van der Waals surface area contributed by atoms with E-state index in [4.69, 9.17) is 27.9 Å². The van der Waals surface area contributed by atoms with Crippen molar-refractivity contribution in [3.05, 3.63) is 93.7 Å². The predicted molar refractivity (Wildman–Crippen MR) is 118 cm³/mol. The molecule has 1 saturated heterocycles. The monoisotopic (exact) mass is 454 g/mol. The Balaban J connectivity index is 1.97. The Bertz CT molecular complexity index is 1210. The molecule has 0 spiro atoms. The third-order valence-electron chi connectivity index (χ3n) is 4.96. The van der Waals surface area contributed by atoms with E-state index in [0.717, 1.165) is 0 Å². The maximum absolute atomic E-state index is 13.1. The van der Waals surface area contributed by atoms with Crippen LogP contribution in [-0.4, -0.2) is 28.9 Å². The molecule has 0 saturated carbocycles. The Hall–Kier alpha value is -3.35. The molecule has 0 radical (unpaired) electrons. The largest absolute Gasteiger partial charge is 0.507 e. The topological polar surface area (TPSA) is 79.7 Å². The Morgan fingerprint density at radius 2 is 1.90 bits per heavy atom. The average molecular weight is 455 g/mol. The molecule has 1 aromatic heterocycles. The quantitative estimate of drug-likeness (QED) is 0.340. The summed E-state index contributed by atoms with van der Waals surface area (Å²) in [5, 5.41) is 11.8. The average Bonchev–Trinajstić information content (AvgIpc) is 3.05. The third kappa shape index (κ3) is 3.76. The Morgan fingerprint density at radius 1 is 1.10 bits per heavy atom. The maximum atomic E-state index is 13.1. The molecule has 1 unspecified atom stereocenters. The first-order valence-electron chi connectivity index (χ1n) is 9.22. The lowest BCUT2D eigenvalue weighted by molar-refractivity contribution is -0.132. The number of hydrogen-bond acceptors (Lipinski definition) is 5. The smallest absolute Gasteiger partial charge is 0.300 e. The molecule has 1 N–H and O–H groups in total. The van der Waals surface area contributed by atoms with E-state index >= 15 is 0 Å². The molecule has 1 fully saturated rings. The minimum absolute atomic E-state index is 0.104. The first-order valence-corrected chi connectivity index (χ1v) is 9.98. The van der Waals surface area contributed by atoms with E-state index in [1.54, 1.807) is 54.7 Å². The van der Waals surface area contributed by atoms with Crippen LogP contribution >= 0.6 is 23.2 Å². The number of halogens is 2. The predicted octanol–water partition coefficient (Wildman–Crippen LogP) is 5.02. The van der Waals surface area contributed by atoms with Gasteiger partial charge in [0.2, 0.25) is 0 Å². The Labute approximate surface area is 188 Å². The molecular formula is C23H16Cl2N2O4. The number of methoxy groups -OCH3 is 1. The summed E-state index contributed by atoms with van der Waals surface area (Å²) in [6.07, 6.45) is 3.11. The van der Waals surface area contributed by atoms with Crippen molar-refractivity contribution in [1.29, 1.82) is 0 Å². The number of Topliss-reactive ketones (excluding diaryl/α,β-unsaturated/α-hetero) is 1. The summed E-state index contributed by atoms with van der Waals surface area (Å²) in [5.41, 5.74) is 1.04. The fourth-order valence-electron chi connectivity index (χ4n) is 3.54. The summed E-state index contributed by atoms with van der Waals surface area (Å²) < 4.78 is 5.21. The summed E-state index contributed by atoms with van der Waals surface area (Å²) in [4.78, 5) is 31.6. The van der Waals surface area contributed by atoms with Crippen molar-refractivity contribution in [2.45, 2.75) is 6.04 Å². The number of ether oxygens (including phenoxy) is 1. The minimum Gasteiger partial charge on any atom is -0.507 e. The van der Waals surface area contributed by atoms with Crippen LogP contribution in [0.1, 0.15) is 17.2 Å². The molecule has 1 aliphatic heterocycles. The molecule has 8 heteroatoms. The van der Waals surface area contributed by atoms with Gasteiger partial charge in [0.25, 0.3) is 11.7 Å². The van der Waals surface area contributed by atoms with Crippen molar-refractivity contribution in [3.8, 4) is 5.75 Å². The maximum Gasteiger partial charge on any atom is 0.300 e. The molecule has 6 nitrogen and oxygen atoms in total. The number of ketones is 1. The fraction of sp³-hybridized carbons (Fsp3) is 0.0870. The zero-order valence-electron chi connectivity index (χ0n) is 16.3. The Kier molecular flexibility index (Phi) is 5.67. The second kappa shape index (κ2) is 8.41. The molecule has 3 aromatic rings. The van der Waals surface area contributed by atoms with Gasteiger partial charge in [-0.05, 0) is 48.0 Å². The van der Waals surface area contributed by atoms with Crippen LogP contribution in [-0.2, 0) is 9.59 Å². The minimum atomic E-state index is -0.922. The van der Waals surface area contributed by atoms with Crippen LogP contribution in [0.4, 0.5) is 5.69 Å². The molecule has 1 aliphatic rings. The van der Waals surface area contributed by atoms with Gasteiger partial charge in [0, 0.05) is 28.7 Å². The van der Waals surface area contributed by atoms with Gasteiger partial charge in [-0.1, -0.05) is 35.3 Å². The summed E-state index contributed by atoms with van der Waals surface area (Å²) in [5.74, 6) is -1.60. The van der Waals surface area contributed by atoms with Crippen molar-refractivity contribution in [2.24, 2.45) is 0 Å². The number of hydrogen-bond donors (Lipinski definition) is 1. The van der Waals surface area contributed by atoms with Crippen molar-refractivity contribution >= 4 is 46.3 Å². The third-order valence-corrected chi connectivity index (χ3v) is 5.52. The van der Waals surface area contributed by atoms with Gasteiger partial charge in [-0.2, -0.15) is 0 Å². The number of aliphatic hydroxyl groups excluding tert-OH is 1. The first kappa shape index (κ1) is 20.9. The first-order chi connectivity index (χ1) is 14.9. The lowest BCUT2D eigenvalue weighted by Crippen LogP contribution is -2.29. The number of pyridine rings is 1. The molecule has 156 valence electrons. The lowest BCUT2D eigenvalue weighted by Gasteiger charge is -2.25. The van der Waals surface area contributed by atoms with E-state index in [9.17, 15) is 14.7 Å². The number of rotatable bonds is 4. The van der Waals surface area contributed by atoms with Gasteiger partial charge in [-0.15, -0.1) is 0 Å². The molecule has 4 rings (SSSR count). The highest BCUT2D eigenvalue weighted by molar-refractivity contribution is 6.52. The zero-order valence-corrected chi connectivity index (χ0v) is 17.8. The van der Waals surface area contributed by atoms with Gasteiger partial charge >= 0.3 is 0 Å². The van der Waals surface area contributed by atoms with E-state index in [1.807, 2.05) is 0 Å². The number of anilines is 1. The van der Waals surface area contributed by atoms with Crippen LogP contribution in [0.25, 0.3) is 5.76 Å². The summed E-state index contributed by atoms with van der Waals surface area (Å²) in [6, 6.07) is 13.7. The molecule has 2 heterocycles. The normalized spacial score (nSPS) is 17.8. The number of carbonyl (C=O) groups excluding carboxylic acids is 2. The molecule has 1 atom stereocenters. The molecule has 0 bridgehead atoms.